The molecule has 138 valence electrons. The Hall–Kier alpha value is -1.29. The Morgan fingerprint density at radius 3 is 2.58 bits per heavy atom. The van der Waals surface area contributed by atoms with Crippen molar-refractivity contribution < 1.29 is 17.9 Å². The van der Waals surface area contributed by atoms with Gasteiger partial charge in [0, 0.05) is 29.5 Å². The quantitative estimate of drug-likeness (QED) is 0.639. The molecule has 0 radical (unpaired) electrons. The molecular weight excluding hydrogens is 440 g/mol. The van der Waals surface area contributed by atoms with Crippen molar-refractivity contribution in [3.05, 3.63) is 40.5 Å². The van der Waals surface area contributed by atoms with Crippen molar-refractivity contribution in [3.8, 4) is 11.5 Å². The SMILES string of the molecule is O=S(=O)(c1ccc(SCc2cc3c(cc2Br)OCO3)nc1)N1CCCC1. The molecule has 1 fully saturated rings. The molecule has 0 unspecified atom stereocenters. The van der Waals surface area contributed by atoms with Crippen LogP contribution in [0.1, 0.15) is 18.4 Å². The van der Waals surface area contributed by atoms with E-state index in [2.05, 4.69) is 20.9 Å². The van der Waals surface area contributed by atoms with Gasteiger partial charge in [-0.1, -0.05) is 15.9 Å². The number of hydrogen-bond acceptors (Lipinski definition) is 6. The number of sulfonamides is 1. The first-order valence-corrected chi connectivity index (χ1v) is 11.4. The van der Waals surface area contributed by atoms with Gasteiger partial charge >= 0.3 is 0 Å². The third kappa shape index (κ3) is 3.58. The minimum Gasteiger partial charge on any atom is -0.454 e. The number of nitrogens with zero attached hydrogens (tertiary/aromatic N) is 2. The Morgan fingerprint density at radius 1 is 1.15 bits per heavy atom. The van der Waals surface area contributed by atoms with Gasteiger partial charge in [0.25, 0.3) is 0 Å². The molecule has 2 aromatic rings. The van der Waals surface area contributed by atoms with Crippen molar-refractivity contribution in [1.29, 1.82) is 0 Å². The van der Waals surface area contributed by atoms with Crippen LogP contribution >= 0.6 is 27.7 Å². The molecule has 3 heterocycles. The van der Waals surface area contributed by atoms with Gasteiger partial charge < -0.3 is 9.47 Å². The van der Waals surface area contributed by atoms with Crippen LogP contribution in [-0.4, -0.2) is 37.6 Å². The van der Waals surface area contributed by atoms with Crippen LogP contribution in [0, 0.1) is 0 Å². The fraction of sp³-hybridized carbons (Fsp3) is 0.353. The molecule has 6 nitrogen and oxygen atoms in total. The van der Waals surface area contributed by atoms with E-state index < -0.39 is 10.0 Å². The summed E-state index contributed by atoms with van der Waals surface area (Å²) >= 11 is 5.08. The molecule has 26 heavy (non-hydrogen) atoms. The Labute approximate surface area is 165 Å². The normalized spacial score (nSPS) is 17.0. The highest BCUT2D eigenvalue weighted by molar-refractivity contribution is 9.10. The highest BCUT2D eigenvalue weighted by Crippen LogP contribution is 2.38. The summed E-state index contributed by atoms with van der Waals surface area (Å²) in [7, 11) is -3.41. The molecule has 1 aromatic carbocycles. The highest BCUT2D eigenvalue weighted by Gasteiger charge is 2.27. The summed E-state index contributed by atoms with van der Waals surface area (Å²) < 4.78 is 38.3. The van der Waals surface area contributed by atoms with Crippen LogP contribution in [0.25, 0.3) is 0 Å². The van der Waals surface area contributed by atoms with E-state index in [9.17, 15) is 8.42 Å². The van der Waals surface area contributed by atoms with Crippen LogP contribution in [0.15, 0.2) is 44.9 Å². The van der Waals surface area contributed by atoms with Crippen LogP contribution in [0.5, 0.6) is 11.5 Å². The predicted octanol–water partition coefficient (Wildman–Crippen LogP) is 3.65. The summed E-state index contributed by atoms with van der Waals surface area (Å²) in [5, 5.41) is 0.773. The lowest BCUT2D eigenvalue weighted by Crippen LogP contribution is -2.27. The van der Waals surface area contributed by atoms with E-state index in [0.717, 1.165) is 39.4 Å². The van der Waals surface area contributed by atoms with Crippen LogP contribution in [-0.2, 0) is 15.8 Å². The van der Waals surface area contributed by atoms with Gasteiger partial charge in [0.1, 0.15) is 4.90 Å². The molecule has 1 saturated heterocycles. The molecule has 2 aliphatic rings. The fourth-order valence-corrected chi connectivity index (χ4v) is 5.85. The van der Waals surface area contributed by atoms with Crippen molar-refractivity contribution in [1.82, 2.24) is 9.29 Å². The third-order valence-corrected chi connectivity index (χ3v) is 7.94. The van der Waals surface area contributed by atoms with Crippen molar-refractivity contribution in [2.24, 2.45) is 0 Å². The number of fused-ring (bicyclic) bond motifs is 1. The molecular formula is C17H17BrN2O4S2. The number of pyridine rings is 1. The van der Waals surface area contributed by atoms with E-state index in [1.807, 2.05) is 12.1 Å². The number of hydrogen-bond donors (Lipinski definition) is 0. The van der Waals surface area contributed by atoms with Crippen molar-refractivity contribution in [2.45, 2.75) is 28.5 Å². The number of rotatable bonds is 5. The standard InChI is InChI=1S/C17H17BrN2O4S2/c18-14-8-16-15(23-11-24-16)7-12(14)10-25-17-4-3-13(9-19-17)26(21,22)20-5-1-2-6-20/h3-4,7-9H,1-2,5-6,10-11H2. The van der Waals surface area contributed by atoms with Gasteiger partial charge in [-0.2, -0.15) is 4.31 Å². The molecule has 2 aliphatic heterocycles. The highest BCUT2D eigenvalue weighted by atomic mass is 79.9. The molecule has 0 N–H and O–H groups in total. The zero-order chi connectivity index (χ0) is 18.1. The second kappa shape index (κ2) is 7.38. The fourth-order valence-electron chi connectivity index (χ4n) is 2.90. The van der Waals surface area contributed by atoms with Crippen LogP contribution in [0.4, 0.5) is 0 Å². The zero-order valence-corrected chi connectivity index (χ0v) is 17.1. The molecule has 0 atom stereocenters. The molecule has 4 rings (SSSR count). The average molecular weight is 457 g/mol. The number of aromatic nitrogens is 1. The maximum Gasteiger partial charge on any atom is 0.244 e. The van der Waals surface area contributed by atoms with Crippen LogP contribution < -0.4 is 9.47 Å². The second-order valence-electron chi connectivity index (χ2n) is 6.03. The van der Waals surface area contributed by atoms with Gasteiger partial charge in [-0.25, -0.2) is 13.4 Å². The maximum absolute atomic E-state index is 12.5. The van der Waals surface area contributed by atoms with Gasteiger partial charge in [0.15, 0.2) is 11.5 Å². The number of benzene rings is 1. The van der Waals surface area contributed by atoms with E-state index in [4.69, 9.17) is 9.47 Å². The summed E-state index contributed by atoms with van der Waals surface area (Å²) in [5.74, 6) is 2.16. The Bertz CT molecular complexity index is 913. The average Bonchev–Trinajstić information content (AvgIpc) is 3.32. The zero-order valence-electron chi connectivity index (χ0n) is 13.9. The summed E-state index contributed by atoms with van der Waals surface area (Å²) in [6, 6.07) is 7.25. The van der Waals surface area contributed by atoms with E-state index in [-0.39, 0.29) is 11.7 Å². The molecule has 1 aromatic heterocycles. The number of ether oxygens (including phenoxy) is 2. The molecule has 0 saturated carbocycles. The van der Waals surface area contributed by atoms with Crippen molar-refractivity contribution in [3.63, 3.8) is 0 Å². The molecule has 9 heteroatoms. The van der Waals surface area contributed by atoms with Gasteiger partial charge in [-0.3, -0.25) is 0 Å². The lowest BCUT2D eigenvalue weighted by molar-refractivity contribution is 0.174. The largest absolute Gasteiger partial charge is 0.454 e. The first kappa shape index (κ1) is 18.1. The van der Waals surface area contributed by atoms with Gasteiger partial charge in [-0.15, -0.1) is 11.8 Å². The van der Waals surface area contributed by atoms with Crippen LogP contribution in [0.3, 0.4) is 0 Å². The van der Waals surface area contributed by atoms with Crippen molar-refractivity contribution >= 4 is 37.7 Å². The number of thioether (sulfide) groups is 1. The first-order valence-electron chi connectivity index (χ1n) is 8.21. The van der Waals surface area contributed by atoms with E-state index in [1.54, 1.807) is 12.1 Å². The van der Waals surface area contributed by atoms with Gasteiger partial charge in [0.2, 0.25) is 16.8 Å². The monoisotopic (exact) mass is 456 g/mol. The minimum atomic E-state index is -3.41. The van der Waals surface area contributed by atoms with E-state index in [0.29, 0.717) is 18.8 Å². The molecule has 0 amide bonds. The predicted molar refractivity (Wildman–Crippen MR) is 102 cm³/mol. The summed E-state index contributed by atoms with van der Waals surface area (Å²) in [4.78, 5) is 4.58. The number of halogens is 1. The van der Waals surface area contributed by atoms with E-state index in [1.165, 1.54) is 22.3 Å². The minimum absolute atomic E-state index is 0.243. The Balaban J connectivity index is 1.45. The Kier molecular flexibility index (Phi) is 5.13. The summed E-state index contributed by atoms with van der Waals surface area (Å²) in [6.07, 6.45) is 3.29. The lowest BCUT2D eigenvalue weighted by Gasteiger charge is -2.15. The molecule has 0 bridgehead atoms. The third-order valence-electron chi connectivity index (χ3n) is 4.33. The first-order chi connectivity index (χ1) is 12.5. The summed E-state index contributed by atoms with van der Waals surface area (Å²) in [6.45, 7) is 1.43. The topological polar surface area (TPSA) is 68.7 Å². The maximum atomic E-state index is 12.5. The molecule has 0 spiro atoms. The lowest BCUT2D eigenvalue weighted by atomic mass is 10.2. The molecule has 0 aliphatic carbocycles. The Morgan fingerprint density at radius 2 is 1.88 bits per heavy atom. The smallest absolute Gasteiger partial charge is 0.244 e. The van der Waals surface area contributed by atoms with Crippen LogP contribution in [0.2, 0.25) is 0 Å². The van der Waals surface area contributed by atoms with Gasteiger partial charge in [0.05, 0.1) is 5.03 Å². The van der Waals surface area contributed by atoms with E-state index >= 15 is 0 Å². The van der Waals surface area contributed by atoms with Crippen molar-refractivity contribution in [2.75, 3.05) is 19.9 Å². The summed E-state index contributed by atoms with van der Waals surface area (Å²) in [5.41, 5.74) is 1.06. The second-order valence-corrected chi connectivity index (χ2v) is 9.82. The van der Waals surface area contributed by atoms with Gasteiger partial charge in [-0.05, 0) is 42.7 Å².